The Hall–Kier alpha value is -1.15. The second kappa shape index (κ2) is 3.93. The van der Waals surface area contributed by atoms with Crippen molar-refractivity contribution in [1.82, 2.24) is 4.98 Å². The van der Waals surface area contributed by atoms with Crippen molar-refractivity contribution in [2.75, 3.05) is 0 Å². The third kappa shape index (κ3) is 1.70. The number of fused-ring (bicyclic) bond motifs is 1. The van der Waals surface area contributed by atoms with E-state index in [1.54, 1.807) is 0 Å². The topological polar surface area (TPSA) is 38.9 Å². The molecule has 0 bridgehead atoms. The molecule has 2 heteroatoms. The largest absolute Gasteiger partial charge is 0.322 e. The van der Waals surface area contributed by atoms with Gasteiger partial charge in [-0.1, -0.05) is 12.1 Å². The predicted octanol–water partition coefficient (Wildman–Crippen LogP) is 2.15. The van der Waals surface area contributed by atoms with Gasteiger partial charge in [0.2, 0.25) is 0 Å². The molecule has 1 heterocycles. The first-order valence-electron chi connectivity index (χ1n) is 5.16. The Balaban J connectivity index is 2.23. The summed E-state index contributed by atoms with van der Waals surface area (Å²) in [6.45, 7) is 3.69. The van der Waals surface area contributed by atoms with E-state index in [-0.39, 0.29) is 6.04 Å². The molecule has 0 aliphatic heterocycles. The van der Waals surface area contributed by atoms with Gasteiger partial charge in [-0.2, -0.15) is 0 Å². The summed E-state index contributed by atoms with van der Waals surface area (Å²) in [6.07, 6.45) is 6.18. The van der Waals surface area contributed by atoms with Gasteiger partial charge in [-0.25, -0.2) is 0 Å². The molecule has 14 heavy (non-hydrogen) atoms. The molecule has 1 aliphatic carbocycles. The molecule has 1 aromatic heterocycles. The Bertz CT molecular complexity index is 344. The highest BCUT2D eigenvalue weighted by Crippen LogP contribution is 2.22. The number of pyridine rings is 1. The monoisotopic (exact) mass is 188 g/mol. The SMILES string of the molecule is C=CCC(N)c1ccc2c(n1)CCC2. The van der Waals surface area contributed by atoms with Crippen LogP contribution in [-0.2, 0) is 12.8 Å². The van der Waals surface area contributed by atoms with Gasteiger partial charge >= 0.3 is 0 Å². The standard InChI is InChI=1S/C12H16N2/c1-2-4-10(13)12-8-7-9-5-3-6-11(9)14-12/h2,7-8,10H,1,3-6,13H2. The van der Waals surface area contributed by atoms with Crippen LogP contribution in [-0.4, -0.2) is 4.98 Å². The molecule has 74 valence electrons. The van der Waals surface area contributed by atoms with Crippen LogP contribution in [0.2, 0.25) is 0 Å². The maximum absolute atomic E-state index is 5.97. The Labute approximate surface area is 84.9 Å². The number of aryl methyl sites for hydroxylation is 2. The zero-order valence-corrected chi connectivity index (χ0v) is 8.37. The van der Waals surface area contributed by atoms with E-state index in [1.165, 1.54) is 24.1 Å². The van der Waals surface area contributed by atoms with Gasteiger partial charge in [-0.15, -0.1) is 6.58 Å². The average molecular weight is 188 g/mol. The van der Waals surface area contributed by atoms with E-state index in [2.05, 4.69) is 23.7 Å². The number of hydrogen-bond acceptors (Lipinski definition) is 2. The minimum Gasteiger partial charge on any atom is -0.322 e. The third-order valence-corrected chi connectivity index (χ3v) is 2.75. The van der Waals surface area contributed by atoms with E-state index < -0.39 is 0 Å². The molecule has 0 radical (unpaired) electrons. The fourth-order valence-electron chi connectivity index (χ4n) is 1.94. The van der Waals surface area contributed by atoms with Gasteiger partial charge in [0.15, 0.2) is 0 Å². The molecule has 1 atom stereocenters. The quantitative estimate of drug-likeness (QED) is 0.738. The second-order valence-electron chi connectivity index (χ2n) is 3.83. The maximum atomic E-state index is 5.97. The highest BCUT2D eigenvalue weighted by molar-refractivity contribution is 5.28. The minimum absolute atomic E-state index is 0.0124. The molecule has 0 aromatic carbocycles. The lowest BCUT2D eigenvalue weighted by atomic mass is 10.1. The van der Waals surface area contributed by atoms with Crippen molar-refractivity contribution in [3.63, 3.8) is 0 Å². The van der Waals surface area contributed by atoms with Crippen LogP contribution in [0.1, 0.15) is 35.8 Å². The van der Waals surface area contributed by atoms with Crippen LogP contribution in [0.4, 0.5) is 0 Å². The molecule has 0 spiro atoms. The van der Waals surface area contributed by atoms with Crippen molar-refractivity contribution in [2.45, 2.75) is 31.7 Å². The van der Waals surface area contributed by atoms with Crippen molar-refractivity contribution in [3.05, 3.63) is 41.7 Å². The zero-order chi connectivity index (χ0) is 9.97. The highest BCUT2D eigenvalue weighted by atomic mass is 14.8. The number of aromatic nitrogens is 1. The second-order valence-corrected chi connectivity index (χ2v) is 3.83. The molecule has 0 saturated carbocycles. The van der Waals surface area contributed by atoms with Crippen LogP contribution in [0, 0.1) is 0 Å². The van der Waals surface area contributed by atoms with Crippen molar-refractivity contribution in [2.24, 2.45) is 5.73 Å². The van der Waals surface area contributed by atoms with Crippen LogP contribution in [0.5, 0.6) is 0 Å². The van der Waals surface area contributed by atoms with E-state index in [4.69, 9.17) is 5.73 Å². The van der Waals surface area contributed by atoms with Gasteiger partial charge in [-0.3, -0.25) is 4.98 Å². The number of nitrogens with two attached hydrogens (primary N) is 1. The predicted molar refractivity (Wildman–Crippen MR) is 58.0 cm³/mol. The lowest BCUT2D eigenvalue weighted by molar-refractivity contribution is 0.707. The van der Waals surface area contributed by atoms with Crippen molar-refractivity contribution in [3.8, 4) is 0 Å². The molecule has 0 amide bonds. The Kier molecular flexibility index (Phi) is 2.64. The van der Waals surface area contributed by atoms with Crippen molar-refractivity contribution < 1.29 is 0 Å². The maximum Gasteiger partial charge on any atom is 0.0577 e. The normalized spacial score (nSPS) is 16.4. The first-order valence-corrected chi connectivity index (χ1v) is 5.16. The van der Waals surface area contributed by atoms with Crippen LogP contribution in [0.15, 0.2) is 24.8 Å². The number of rotatable bonds is 3. The Morgan fingerprint density at radius 1 is 1.50 bits per heavy atom. The van der Waals surface area contributed by atoms with Gasteiger partial charge in [0, 0.05) is 5.69 Å². The summed E-state index contributed by atoms with van der Waals surface area (Å²) in [5.74, 6) is 0. The summed E-state index contributed by atoms with van der Waals surface area (Å²) in [7, 11) is 0. The third-order valence-electron chi connectivity index (χ3n) is 2.75. The molecule has 0 fully saturated rings. The lowest BCUT2D eigenvalue weighted by Gasteiger charge is -2.09. The van der Waals surface area contributed by atoms with Gasteiger partial charge in [0.1, 0.15) is 0 Å². The molecule has 2 N–H and O–H groups in total. The summed E-state index contributed by atoms with van der Waals surface area (Å²) in [5, 5.41) is 0. The Morgan fingerprint density at radius 3 is 3.14 bits per heavy atom. The average Bonchev–Trinajstić information content (AvgIpc) is 2.64. The first kappa shape index (κ1) is 9.41. The summed E-state index contributed by atoms with van der Waals surface area (Å²) >= 11 is 0. The molecule has 2 rings (SSSR count). The van der Waals surface area contributed by atoms with E-state index in [1.807, 2.05) is 6.08 Å². The smallest absolute Gasteiger partial charge is 0.0577 e. The molecule has 1 aromatic rings. The number of nitrogens with zero attached hydrogens (tertiary/aromatic N) is 1. The summed E-state index contributed by atoms with van der Waals surface area (Å²) in [6, 6.07) is 4.24. The van der Waals surface area contributed by atoms with E-state index in [9.17, 15) is 0 Å². The van der Waals surface area contributed by atoms with Gasteiger partial charge < -0.3 is 5.73 Å². The first-order chi connectivity index (χ1) is 6.81. The van der Waals surface area contributed by atoms with Gasteiger partial charge in [-0.05, 0) is 37.3 Å². The molecular formula is C12H16N2. The van der Waals surface area contributed by atoms with Crippen LogP contribution in [0.25, 0.3) is 0 Å². The minimum atomic E-state index is 0.0124. The molecule has 1 aliphatic rings. The van der Waals surface area contributed by atoms with Gasteiger partial charge in [0.25, 0.3) is 0 Å². The van der Waals surface area contributed by atoms with E-state index >= 15 is 0 Å². The molecule has 0 saturated heterocycles. The van der Waals surface area contributed by atoms with Gasteiger partial charge in [0.05, 0.1) is 11.7 Å². The summed E-state index contributed by atoms with van der Waals surface area (Å²) in [4.78, 5) is 4.60. The fourth-order valence-corrected chi connectivity index (χ4v) is 1.94. The van der Waals surface area contributed by atoms with E-state index in [0.717, 1.165) is 18.5 Å². The van der Waals surface area contributed by atoms with Crippen LogP contribution >= 0.6 is 0 Å². The fraction of sp³-hybridized carbons (Fsp3) is 0.417. The summed E-state index contributed by atoms with van der Waals surface area (Å²) < 4.78 is 0. The molecule has 1 unspecified atom stereocenters. The Morgan fingerprint density at radius 2 is 2.36 bits per heavy atom. The highest BCUT2D eigenvalue weighted by Gasteiger charge is 2.14. The van der Waals surface area contributed by atoms with E-state index in [0.29, 0.717) is 0 Å². The molecule has 2 nitrogen and oxygen atoms in total. The van der Waals surface area contributed by atoms with Crippen LogP contribution in [0.3, 0.4) is 0 Å². The van der Waals surface area contributed by atoms with Crippen molar-refractivity contribution >= 4 is 0 Å². The molecular weight excluding hydrogens is 172 g/mol. The number of hydrogen-bond donors (Lipinski definition) is 1. The summed E-state index contributed by atoms with van der Waals surface area (Å²) in [5.41, 5.74) is 9.63. The van der Waals surface area contributed by atoms with Crippen LogP contribution < -0.4 is 5.73 Å². The zero-order valence-electron chi connectivity index (χ0n) is 8.37. The van der Waals surface area contributed by atoms with Crippen molar-refractivity contribution in [1.29, 1.82) is 0 Å². The lowest BCUT2D eigenvalue weighted by Crippen LogP contribution is -2.11.